The molecule has 4 rings (SSSR count). The Bertz CT molecular complexity index is 1310. The minimum atomic E-state index is -2.19. The molecule has 0 N–H and O–H groups in total. The highest BCUT2D eigenvalue weighted by atomic mass is 28.4. The van der Waals surface area contributed by atoms with Gasteiger partial charge in [0.15, 0.2) is 0 Å². The fourth-order valence-electron chi connectivity index (χ4n) is 4.58. The van der Waals surface area contributed by atoms with E-state index in [1.165, 1.54) is 0 Å². The second-order valence-corrected chi connectivity index (χ2v) is 13.3. The Morgan fingerprint density at radius 3 is 0.744 bits per heavy atom. The van der Waals surface area contributed by atoms with Crippen molar-refractivity contribution in [1.82, 2.24) is 0 Å². The van der Waals surface area contributed by atoms with Crippen LogP contribution in [-0.2, 0) is 4.12 Å². The van der Waals surface area contributed by atoms with Crippen LogP contribution in [0.3, 0.4) is 0 Å². The highest BCUT2D eigenvalue weighted by molar-refractivity contribution is 6.93. The lowest BCUT2D eigenvalue weighted by molar-refractivity contribution is 0.402. The summed E-state index contributed by atoms with van der Waals surface area (Å²) < 4.78 is 53.5. The number of hydrogen-bond donors (Lipinski definition) is 0. The Morgan fingerprint density at radius 2 is 0.558 bits per heavy atom. The van der Waals surface area contributed by atoms with Crippen molar-refractivity contribution < 1.29 is 42.0 Å². The van der Waals surface area contributed by atoms with Crippen molar-refractivity contribution in [1.29, 1.82) is 0 Å². The van der Waals surface area contributed by atoms with Gasteiger partial charge in [0.25, 0.3) is 18.1 Å². The minimum absolute atomic E-state index is 0.649. The molecule has 0 aromatic heterocycles. The number of rotatable bonds is 14. The first-order chi connectivity index (χ1) is 20.9. The summed E-state index contributed by atoms with van der Waals surface area (Å²) in [5, 5.41) is 3.29. The topological polar surface area (TPSA) is 83.1 Å². The Hall–Kier alpha value is -4.33. The van der Waals surface area contributed by atoms with Crippen LogP contribution in [0.5, 0.6) is 46.0 Å². The predicted molar refractivity (Wildman–Crippen MR) is 169 cm³/mol. The molecule has 9 nitrogen and oxygen atoms in total. The molecule has 0 amide bonds. The van der Waals surface area contributed by atoms with Gasteiger partial charge < -0.3 is 42.0 Å². The van der Waals surface area contributed by atoms with Crippen molar-refractivity contribution in [2.75, 3.05) is 56.9 Å². The van der Waals surface area contributed by atoms with Gasteiger partial charge in [-0.25, -0.2) is 0 Å². The van der Waals surface area contributed by atoms with Crippen LogP contribution in [0.25, 0.3) is 0 Å². The van der Waals surface area contributed by atoms with Gasteiger partial charge in [-0.3, -0.25) is 0 Å². The van der Waals surface area contributed by atoms with Gasteiger partial charge in [-0.2, -0.15) is 0 Å². The van der Waals surface area contributed by atoms with E-state index in [-0.39, 0.29) is 0 Å². The Kier molecular flexibility index (Phi) is 10.8. The largest absolute Gasteiger partial charge is 0.497 e. The first kappa shape index (κ1) is 31.6. The summed E-state index contributed by atoms with van der Waals surface area (Å²) in [6, 6.07) is 22.7. The highest BCUT2D eigenvalue weighted by Gasteiger charge is 2.36. The molecule has 0 aliphatic heterocycles. The van der Waals surface area contributed by atoms with Gasteiger partial charge in [0.1, 0.15) is 46.0 Å². The minimum Gasteiger partial charge on any atom is -0.497 e. The Labute approximate surface area is 256 Å². The van der Waals surface area contributed by atoms with Gasteiger partial charge in [0, 0.05) is 20.7 Å². The van der Waals surface area contributed by atoms with Gasteiger partial charge in [-0.1, -0.05) is 0 Å². The van der Waals surface area contributed by atoms with Gasteiger partial charge in [-0.15, -0.1) is 0 Å². The van der Waals surface area contributed by atoms with Gasteiger partial charge in [0.05, 0.1) is 56.9 Å². The molecule has 0 atom stereocenters. The Morgan fingerprint density at radius 1 is 0.326 bits per heavy atom. The molecule has 4 aromatic rings. The van der Waals surface area contributed by atoms with Gasteiger partial charge in [-0.05, 0) is 72.8 Å². The second-order valence-electron chi connectivity index (χ2n) is 9.03. The lowest BCUT2D eigenvalue weighted by Gasteiger charge is -2.28. The van der Waals surface area contributed by atoms with E-state index in [1.807, 2.05) is 72.8 Å². The maximum Gasteiger partial charge on any atom is 0.280 e. The van der Waals surface area contributed by atoms with E-state index < -0.39 is 18.1 Å². The normalized spacial score (nSPS) is 10.8. The molecule has 0 bridgehead atoms. The lowest BCUT2D eigenvalue weighted by atomic mass is 10.3. The van der Waals surface area contributed by atoms with Crippen molar-refractivity contribution in [3.05, 3.63) is 72.8 Å². The summed E-state index contributed by atoms with van der Waals surface area (Å²) in [4.78, 5) is 0. The predicted octanol–water partition coefficient (Wildman–Crippen LogP) is 2.68. The van der Waals surface area contributed by atoms with Crippen LogP contribution >= 0.6 is 0 Å². The van der Waals surface area contributed by atoms with Gasteiger partial charge >= 0.3 is 0 Å². The van der Waals surface area contributed by atoms with E-state index in [0.29, 0.717) is 46.0 Å². The summed E-state index contributed by atoms with van der Waals surface area (Å²) in [6.07, 6.45) is 0. The number of hydrogen-bond acceptors (Lipinski definition) is 9. The zero-order valence-electron chi connectivity index (χ0n) is 25.6. The van der Waals surface area contributed by atoms with Crippen molar-refractivity contribution in [2.24, 2.45) is 0 Å². The average molecular weight is 621 g/mol. The standard InChI is InChI=1S/C32H36O9Si2/c1-33-21-9-13-25(37-5)29(17-21)42(30-18-22(34-2)10-14-26(30)38-6)41-43(31-19-23(35-3)11-15-27(31)39-7)32-20-24(36-4)12-16-28(32)40-8/h9-20H,1-8H3. The van der Waals surface area contributed by atoms with Crippen LogP contribution in [0.1, 0.15) is 0 Å². The first-order valence-corrected chi connectivity index (χ1v) is 16.1. The van der Waals surface area contributed by atoms with Crippen molar-refractivity contribution in [2.45, 2.75) is 0 Å². The third kappa shape index (κ3) is 6.85. The van der Waals surface area contributed by atoms with E-state index in [9.17, 15) is 0 Å². The summed E-state index contributed by atoms with van der Waals surface area (Å²) >= 11 is 0. The van der Waals surface area contributed by atoms with E-state index in [4.69, 9.17) is 42.0 Å². The van der Waals surface area contributed by atoms with E-state index in [1.54, 1.807) is 56.9 Å². The number of ether oxygens (including phenoxy) is 8. The fraction of sp³-hybridized carbons (Fsp3) is 0.250. The molecule has 0 unspecified atom stereocenters. The molecule has 43 heavy (non-hydrogen) atoms. The Balaban J connectivity index is 2.07. The number of methoxy groups -OCH3 is 8. The van der Waals surface area contributed by atoms with Crippen molar-refractivity contribution in [3.63, 3.8) is 0 Å². The molecule has 0 heterocycles. The quantitative estimate of drug-likeness (QED) is 0.198. The zero-order chi connectivity index (χ0) is 30.9. The molecule has 11 heteroatoms. The first-order valence-electron chi connectivity index (χ1n) is 13.3. The molecule has 2 radical (unpaired) electrons. The smallest absolute Gasteiger partial charge is 0.280 e. The second kappa shape index (κ2) is 14.7. The summed E-state index contributed by atoms with van der Waals surface area (Å²) in [5.41, 5.74) is 0. The maximum atomic E-state index is 7.42. The zero-order valence-corrected chi connectivity index (χ0v) is 27.6. The average Bonchev–Trinajstić information content (AvgIpc) is 3.07. The monoisotopic (exact) mass is 620 g/mol. The molecule has 0 aliphatic carbocycles. The van der Waals surface area contributed by atoms with Crippen LogP contribution in [0, 0.1) is 0 Å². The molecule has 0 aliphatic rings. The maximum absolute atomic E-state index is 7.42. The van der Waals surface area contributed by atoms with Crippen molar-refractivity contribution in [3.8, 4) is 46.0 Å². The fourth-order valence-corrected chi connectivity index (χ4v) is 10.5. The molecular formula is C32H36O9Si2. The van der Waals surface area contributed by atoms with Crippen LogP contribution in [0.15, 0.2) is 72.8 Å². The molecule has 0 fully saturated rings. The van der Waals surface area contributed by atoms with Gasteiger partial charge in [0.2, 0.25) is 0 Å². The molecule has 226 valence electrons. The number of benzene rings is 4. The van der Waals surface area contributed by atoms with Crippen LogP contribution in [-0.4, -0.2) is 75.0 Å². The molecule has 0 saturated carbocycles. The van der Waals surface area contributed by atoms with Crippen LogP contribution < -0.4 is 58.6 Å². The van der Waals surface area contributed by atoms with E-state index in [0.717, 1.165) is 20.7 Å². The van der Waals surface area contributed by atoms with Crippen LogP contribution in [0.2, 0.25) is 0 Å². The van der Waals surface area contributed by atoms with E-state index >= 15 is 0 Å². The summed E-state index contributed by atoms with van der Waals surface area (Å²) in [6.45, 7) is 0. The SMILES string of the molecule is COc1ccc(OC)c([Si](O[Si](c2cc(OC)ccc2OC)c2cc(OC)ccc2OC)c2cc(OC)ccc2OC)c1. The molecule has 0 spiro atoms. The van der Waals surface area contributed by atoms with E-state index in [2.05, 4.69) is 0 Å². The van der Waals surface area contributed by atoms with Crippen molar-refractivity contribution >= 4 is 38.8 Å². The molecule has 0 saturated heterocycles. The lowest BCUT2D eigenvalue weighted by Crippen LogP contribution is -2.56. The third-order valence-electron chi connectivity index (χ3n) is 6.81. The summed E-state index contributed by atoms with van der Waals surface area (Å²) in [5.74, 6) is 5.25. The summed E-state index contributed by atoms with van der Waals surface area (Å²) in [7, 11) is 8.68. The third-order valence-corrected chi connectivity index (χ3v) is 12.0. The van der Waals surface area contributed by atoms with Crippen LogP contribution in [0.4, 0.5) is 0 Å². The highest BCUT2D eigenvalue weighted by Crippen LogP contribution is 2.25. The molecule has 4 aromatic carbocycles. The molecular weight excluding hydrogens is 585 g/mol.